The standard InChI is InChI=1S/C12H20N2O2/c1-6-9-8-10(11(15)16-7-2)14(13-9)12(3,4)5/h8H,6-7H2,1-5H3. The second-order valence-corrected chi connectivity index (χ2v) is 4.68. The van der Waals surface area contributed by atoms with E-state index >= 15 is 0 Å². The van der Waals surface area contributed by atoms with E-state index in [4.69, 9.17) is 4.74 Å². The molecule has 1 aromatic heterocycles. The number of nitrogens with zero attached hydrogens (tertiary/aromatic N) is 2. The topological polar surface area (TPSA) is 44.1 Å². The van der Waals surface area contributed by atoms with E-state index in [1.807, 2.05) is 33.8 Å². The van der Waals surface area contributed by atoms with Crippen molar-refractivity contribution in [3.8, 4) is 0 Å². The van der Waals surface area contributed by atoms with Gasteiger partial charge in [-0.05, 0) is 40.2 Å². The molecular formula is C12H20N2O2. The summed E-state index contributed by atoms with van der Waals surface area (Å²) in [6.07, 6.45) is 0.815. The molecule has 1 rings (SSSR count). The first-order valence-electron chi connectivity index (χ1n) is 5.66. The van der Waals surface area contributed by atoms with Crippen LogP contribution in [0.4, 0.5) is 0 Å². The zero-order chi connectivity index (χ0) is 12.3. The summed E-state index contributed by atoms with van der Waals surface area (Å²) >= 11 is 0. The molecule has 0 aliphatic heterocycles. The van der Waals surface area contributed by atoms with Crippen LogP contribution in [0.15, 0.2) is 6.07 Å². The van der Waals surface area contributed by atoms with Crippen molar-refractivity contribution in [1.82, 2.24) is 9.78 Å². The van der Waals surface area contributed by atoms with Crippen LogP contribution in [-0.2, 0) is 16.7 Å². The van der Waals surface area contributed by atoms with Gasteiger partial charge >= 0.3 is 5.97 Å². The zero-order valence-corrected chi connectivity index (χ0v) is 10.7. The predicted molar refractivity (Wildman–Crippen MR) is 62.6 cm³/mol. The monoisotopic (exact) mass is 224 g/mol. The Morgan fingerprint density at radius 1 is 1.44 bits per heavy atom. The lowest BCUT2D eigenvalue weighted by Gasteiger charge is -2.21. The molecule has 0 spiro atoms. The van der Waals surface area contributed by atoms with Gasteiger partial charge in [-0.25, -0.2) is 4.79 Å². The van der Waals surface area contributed by atoms with Crippen LogP contribution in [0.25, 0.3) is 0 Å². The molecule has 0 aliphatic rings. The molecule has 0 fully saturated rings. The molecule has 16 heavy (non-hydrogen) atoms. The van der Waals surface area contributed by atoms with E-state index in [-0.39, 0.29) is 11.5 Å². The van der Waals surface area contributed by atoms with Crippen LogP contribution in [0.2, 0.25) is 0 Å². The van der Waals surface area contributed by atoms with Gasteiger partial charge in [-0.2, -0.15) is 5.10 Å². The highest BCUT2D eigenvalue weighted by molar-refractivity contribution is 5.87. The van der Waals surface area contributed by atoms with E-state index < -0.39 is 0 Å². The van der Waals surface area contributed by atoms with Gasteiger partial charge in [0.05, 0.1) is 17.8 Å². The average Bonchev–Trinajstić information content (AvgIpc) is 2.61. The van der Waals surface area contributed by atoms with E-state index in [2.05, 4.69) is 5.10 Å². The molecule has 4 nitrogen and oxygen atoms in total. The minimum atomic E-state index is -0.301. The highest BCUT2D eigenvalue weighted by atomic mass is 16.5. The van der Waals surface area contributed by atoms with Crippen molar-refractivity contribution in [3.63, 3.8) is 0 Å². The van der Waals surface area contributed by atoms with E-state index in [1.54, 1.807) is 11.6 Å². The summed E-state index contributed by atoms with van der Waals surface area (Å²) in [4.78, 5) is 11.8. The molecule has 0 radical (unpaired) electrons. The summed E-state index contributed by atoms with van der Waals surface area (Å²) in [5.74, 6) is -0.301. The number of aromatic nitrogens is 2. The molecule has 1 aromatic rings. The summed E-state index contributed by atoms with van der Waals surface area (Å²) in [5.41, 5.74) is 1.24. The van der Waals surface area contributed by atoms with E-state index in [0.717, 1.165) is 12.1 Å². The third kappa shape index (κ3) is 2.62. The molecule has 0 unspecified atom stereocenters. The fraction of sp³-hybridized carbons (Fsp3) is 0.667. The third-order valence-electron chi connectivity index (χ3n) is 2.24. The molecule has 0 amide bonds. The normalized spacial score (nSPS) is 11.6. The summed E-state index contributed by atoms with van der Waals surface area (Å²) in [6.45, 7) is 10.3. The fourth-order valence-electron chi connectivity index (χ4n) is 1.46. The van der Waals surface area contributed by atoms with E-state index in [9.17, 15) is 4.79 Å². The Kier molecular flexibility index (Phi) is 3.73. The molecule has 0 N–H and O–H groups in total. The summed E-state index contributed by atoms with van der Waals surface area (Å²) in [5, 5.41) is 4.42. The number of carbonyl (C=O) groups excluding carboxylic acids is 1. The molecule has 0 aliphatic carbocycles. The van der Waals surface area contributed by atoms with Crippen LogP contribution < -0.4 is 0 Å². The highest BCUT2D eigenvalue weighted by Crippen LogP contribution is 2.18. The van der Waals surface area contributed by atoms with Crippen LogP contribution in [0.1, 0.15) is 50.8 Å². The summed E-state index contributed by atoms with van der Waals surface area (Å²) < 4.78 is 6.76. The van der Waals surface area contributed by atoms with Gasteiger partial charge in [0, 0.05) is 0 Å². The van der Waals surface area contributed by atoms with E-state index in [1.165, 1.54) is 0 Å². The lowest BCUT2D eigenvalue weighted by Crippen LogP contribution is -2.27. The zero-order valence-electron chi connectivity index (χ0n) is 10.7. The molecule has 0 aromatic carbocycles. The van der Waals surface area contributed by atoms with Crippen molar-refractivity contribution in [2.45, 2.75) is 46.6 Å². The lowest BCUT2D eigenvalue weighted by molar-refractivity contribution is 0.0503. The van der Waals surface area contributed by atoms with Crippen LogP contribution in [0.5, 0.6) is 0 Å². The van der Waals surface area contributed by atoms with Crippen molar-refractivity contribution in [3.05, 3.63) is 17.5 Å². The predicted octanol–water partition coefficient (Wildman–Crippen LogP) is 2.38. The molecule has 90 valence electrons. The number of hydrogen-bond acceptors (Lipinski definition) is 3. The number of carbonyl (C=O) groups is 1. The second-order valence-electron chi connectivity index (χ2n) is 4.68. The van der Waals surface area contributed by atoms with Gasteiger partial charge in [0.25, 0.3) is 0 Å². The molecule has 0 saturated heterocycles. The van der Waals surface area contributed by atoms with E-state index in [0.29, 0.717) is 12.3 Å². The Morgan fingerprint density at radius 2 is 2.06 bits per heavy atom. The molecule has 0 saturated carbocycles. The highest BCUT2D eigenvalue weighted by Gasteiger charge is 2.23. The smallest absolute Gasteiger partial charge is 0.356 e. The van der Waals surface area contributed by atoms with Gasteiger partial charge in [0.2, 0.25) is 0 Å². The summed E-state index contributed by atoms with van der Waals surface area (Å²) in [6, 6.07) is 1.81. The van der Waals surface area contributed by atoms with Gasteiger partial charge in [-0.1, -0.05) is 6.92 Å². The van der Waals surface area contributed by atoms with Crippen LogP contribution >= 0.6 is 0 Å². The Balaban J connectivity index is 3.15. The number of rotatable bonds is 3. The van der Waals surface area contributed by atoms with Gasteiger partial charge < -0.3 is 4.74 Å². The Labute approximate surface area is 96.6 Å². The quantitative estimate of drug-likeness (QED) is 0.740. The number of esters is 1. The van der Waals surface area contributed by atoms with Crippen molar-refractivity contribution in [2.75, 3.05) is 6.61 Å². The minimum absolute atomic E-state index is 0.213. The number of aryl methyl sites for hydroxylation is 1. The van der Waals surface area contributed by atoms with Crippen molar-refractivity contribution >= 4 is 5.97 Å². The number of ether oxygens (including phenoxy) is 1. The van der Waals surface area contributed by atoms with Crippen molar-refractivity contribution < 1.29 is 9.53 Å². The third-order valence-corrected chi connectivity index (χ3v) is 2.24. The maximum absolute atomic E-state index is 11.8. The van der Waals surface area contributed by atoms with Gasteiger partial charge in [0.15, 0.2) is 0 Å². The molecule has 1 heterocycles. The van der Waals surface area contributed by atoms with Gasteiger partial charge in [0.1, 0.15) is 5.69 Å². The minimum Gasteiger partial charge on any atom is -0.461 e. The first-order chi connectivity index (χ1) is 7.40. The second kappa shape index (κ2) is 4.68. The molecule has 4 heteroatoms. The van der Waals surface area contributed by atoms with Gasteiger partial charge in [-0.15, -0.1) is 0 Å². The Bertz CT molecular complexity index is 375. The summed E-state index contributed by atoms with van der Waals surface area (Å²) in [7, 11) is 0. The number of hydrogen-bond donors (Lipinski definition) is 0. The molecular weight excluding hydrogens is 204 g/mol. The Morgan fingerprint density at radius 3 is 2.50 bits per heavy atom. The maximum atomic E-state index is 11.8. The largest absolute Gasteiger partial charge is 0.461 e. The first-order valence-corrected chi connectivity index (χ1v) is 5.66. The van der Waals surface area contributed by atoms with Crippen molar-refractivity contribution in [2.24, 2.45) is 0 Å². The average molecular weight is 224 g/mol. The van der Waals surface area contributed by atoms with Crippen LogP contribution in [0.3, 0.4) is 0 Å². The Hall–Kier alpha value is -1.32. The van der Waals surface area contributed by atoms with Crippen LogP contribution in [0, 0.1) is 0 Å². The van der Waals surface area contributed by atoms with Gasteiger partial charge in [-0.3, -0.25) is 4.68 Å². The molecule has 0 atom stereocenters. The van der Waals surface area contributed by atoms with Crippen molar-refractivity contribution in [1.29, 1.82) is 0 Å². The first kappa shape index (κ1) is 12.7. The maximum Gasteiger partial charge on any atom is 0.356 e. The van der Waals surface area contributed by atoms with Crippen LogP contribution in [-0.4, -0.2) is 22.4 Å². The molecule has 0 bridgehead atoms. The lowest BCUT2D eigenvalue weighted by atomic mass is 10.1. The fourth-order valence-corrected chi connectivity index (χ4v) is 1.46. The SMILES string of the molecule is CCOC(=O)c1cc(CC)nn1C(C)(C)C.